The molecule has 0 atom stereocenters. The van der Waals surface area contributed by atoms with Crippen LogP contribution in [0.5, 0.6) is 0 Å². The van der Waals surface area contributed by atoms with Gasteiger partial charge in [0, 0.05) is 16.9 Å². The van der Waals surface area contributed by atoms with Gasteiger partial charge in [-0.25, -0.2) is 4.98 Å². The van der Waals surface area contributed by atoms with E-state index in [1.807, 2.05) is 28.9 Å². The Morgan fingerprint density at radius 2 is 2.31 bits per heavy atom. The predicted octanol–water partition coefficient (Wildman–Crippen LogP) is 2.54. The minimum atomic E-state index is 0.494. The Labute approximate surface area is 104 Å². The zero-order valence-electron chi connectivity index (χ0n) is 7.94. The first kappa shape index (κ1) is 9.73. The Morgan fingerprint density at radius 3 is 3.06 bits per heavy atom. The molecule has 0 unspecified atom stereocenters. The maximum atomic E-state index is 4.92. The fraction of sp³-hybridized carbons (Fsp3) is 0. The standard InChI is InChI=1S/C9H6BrN5S/c10-5-1-2-15-4-6(11-7(15)3-5)8-12-9(16)14-13-8/h1-4H,(H2,12,13,14,16). The van der Waals surface area contributed by atoms with Crippen LogP contribution >= 0.6 is 28.1 Å². The lowest BCUT2D eigenvalue weighted by atomic mass is 10.5. The number of aromatic nitrogens is 5. The molecule has 16 heavy (non-hydrogen) atoms. The Balaban J connectivity index is 2.22. The lowest BCUT2D eigenvalue weighted by Crippen LogP contribution is -1.79. The molecule has 0 amide bonds. The van der Waals surface area contributed by atoms with E-state index in [1.165, 1.54) is 0 Å². The third-order valence-corrected chi connectivity index (χ3v) is 2.85. The number of fused-ring (bicyclic) bond motifs is 1. The van der Waals surface area contributed by atoms with E-state index >= 15 is 0 Å². The molecule has 80 valence electrons. The molecule has 0 aliphatic heterocycles. The molecule has 3 aromatic rings. The van der Waals surface area contributed by atoms with Crippen LogP contribution in [0.2, 0.25) is 0 Å². The van der Waals surface area contributed by atoms with Gasteiger partial charge in [-0.05, 0) is 24.4 Å². The van der Waals surface area contributed by atoms with Gasteiger partial charge in [0.25, 0.3) is 0 Å². The Bertz CT molecular complexity index is 710. The van der Waals surface area contributed by atoms with E-state index in [0.29, 0.717) is 10.6 Å². The largest absolute Gasteiger partial charge is 0.313 e. The zero-order chi connectivity index (χ0) is 11.1. The summed E-state index contributed by atoms with van der Waals surface area (Å²) in [5.41, 5.74) is 1.61. The third-order valence-electron chi connectivity index (χ3n) is 2.17. The highest BCUT2D eigenvalue weighted by Crippen LogP contribution is 2.17. The van der Waals surface area contributed by atoms with Crippen LogP contribution in [0.1, 0.15) is 0 Å². The second kappa shape index (κ2) is 3.53. The number of imidazole rings is 1. The van der Waals surface area contributed by atoms with Crippen LogP contribution in [-0.2, 0) is 0 Å². The summed E-state index contributed by atoms with van der Waals surface area (Å²) < 4.78 is 3.41. The van der Waals surface area contributed by atoms with Gasteiger partial charge >= 0.3 is 0 Å². The van der Waals surface area contributed by atoms with Crippen molar-refractivity contribution in [3.05, 3.63) is 33.8 Å². The molecule has 0 bridgehead atoms. The van der Waals surface area contributed by atoms with Gasteiger partial charge < -0.3 is 9.38 Å². The van der Waals surface area contributed by atoms with Crippen molar-refractivity contribution in [1.29, 1.82) is 0 Å². The number of halogens is 1. The summed E-state index contributed by atoms with van der Waals surface area (Å²) >= 11 is 8.32. The first-order valence-corrected chi connectivity index (χ1v) is 5.72. The van der Waals surface area contributed by atoms with Crippen molar-refractivity contribution >= 4 is 33.8 Å². The number of aromatic amines is 2. The summed E-state index contributed by atoms with van der Waals surface area (Å²) in [5, 5.41) is 6.71. The summed E-state index contributed by atoms with van der Waals surface area (Å²) in [4.78, 5) is 7.36. The summed E-state index contributed by atoms with van der Waals surface area (Å²) in [6.07, 6.45) is 3.82. The van der Waals surface area contributed by atoms with Gasteiger partial charge in [-0.2, -0.15) is 5.10 Å². The SMILES string of the molecule is S=c1[nH]nc(-c2cn3ccc(Br)cc3n2)[nH]1. The van der Waals surface area contributed by atoms with Crippen LogP contribution < -0.4 is 0 Å². The molecule has 3 aromatic heterocycles. The average molecular weight is 296 g/mol. The number of rotatable bonds is 1. The Kier molecular flexibility index (Phi) is 2.15. The van der Waals surface area contributed by atoms with Gasteiger partial charge in [0.15, 0.2) is 10.6 Å². The monoisotopic (exact) mass is 295 g/mol. The summed E-state index contributed by atoms with van der Waals surface area (Å²) in [6.45, 7) is 0. The molecule has 0 saturated heterocycles. The summed E-state index contributed by atoms with van der Waals surface area (Å²) in [7, 11) is 0. The van der Waals surface area contributed by atoms with Crippen molar-refractivity contribution in [3.8, 4) is 11.5 Å². The fourth-order valence-corrected chi connectivity index (χ4v) is 1.93. The molecule has 5 nitrogen and oxygen atoms in total. The van der Waals surface area contributed by atoms with Crippen molar-refractivity contribution in [1.82, 2.24) is 24.6 Å². The number of hydrogen-bond acceptors (Lipinski definition) is 3. The minimum Gasteiger partial charge on any atom is -0.313 e. The Hall–Kier alpha value is -1.47. The van der Waals surface area contributed by atoms with Gasteiger partial charge in [-0.15, -0.1) is 0 Å². The number of nitrogens with one attached hydrogen (secondary N) is 2. The molecule has 0 saturated carbocycles. The van der Waals surface area contributed by atoms with Gasteiger partial charge in [-0.3, -0.25) is 5.10 Å². The van der Waals surface area contributed by atoms with E-state index in [-0.39, 0.29) is 0 Å². The molecule has 0 spiro atoms. The van der Waals surface area contributed by atoms with Crippen molar-refractivity contribution < 1.29 is 0 Å². The van der Waals surface area contributed by atoms with E-state index in [9.17, 15) is 0 Å². The highest BCUT2D eigenvalue weighted by atomic mass is 79.9. The topological polar surface area (TPSA) is 61.8 Å². The summed E-state index contributed by atoms with van der Waals surface area (Å²) in [5.74, 6) is 0.643. The van der Waals surface area contributed by atoms with E-state index < -0.39 is 0 Å². The Morgan fingerprint density at radius 1 is 1.44 bits per heavy atom. The maximum Gasteiger partial charge on any atom is 0.192 e. The summed E-state index contributed by atoms with van der Waals surface area (Å²) in [6, 6.07) is 3.88. The van der Waals surface area contributed by atoms with E-state index in [4.69, 9.17) is 12.2 Å². The van der Waals surface area contributed by atoms with E-state index in [2.05, 4.69) is 36.1 Å². The van der Waals surface area contributed by atoms with Crippen LogP contribution in [0.4, 0.5) is 0 Å². The van der Waals surface area contributed by atoms with Crippen molar-refractivity contribution in [3.63, 3.8) is 0 Å². The maximum absolute atomic E-state index is 4.92. The van der Waals surface area contributed by atoms with Gasteiger partial charge in [0.1, 0.15) is 11.3 Å². The molecule has 3 heterocycles. The number of hydrogen-bond donors (Lipinski definition) is 2. The molecule has 0 aromatic carbocycles. The lowest BCUT2D eigenvalue weighted by Gasteiger charge is -1.91. The highest BCUT2D eigenvalue weighted by molar-refractivity contribution is 9.10. The van der Waals surface area contributed by atoms with Gasteiger partial charge in [0.05, 0.1) is 0 Å². The highest BCUT2D eigenvalue weighted by Gasteiger charge is 2.06. The number of nitrogens with zero attached hydrogens (tertiary/aromatic N) is 3. The van der Waals surface area contributed by atoms with Crippen LogP contribution in [0, 0.1) is 4.77 Å². The van der Waals surface area contributed by atoms with Crippen LogP contribution in [0.15, 0.2) is 29.0 Å². The molecule has 7 heteroatoms. The lowest BCUT2D eigenvalue weighted by molar-refractivity contribution is 1.08. The second-order valence-corrected chi connectivity index (χ2v) is 4.59. The smallest absolute Gasteiger partial charge is 0.192 e. The van der Waals surface area contributed by atoms with Crippen molar-refractivity contribution in [2.75, 3.05) is 0 Å². The quantitative estimate of drug-likeness (QED) is 0.678. The second-order valence-electron chi connectivity index (χ2n) is 3.26. The van der Waals surface area contributed by atoms with Crippen molar-refractivity contribution in [2.45, 2.75) is 0 Å². The molecule has 0 radical (unpaired) electrons. The van der Waals surface area contributed by atoms with E-state index in [1.54, 1.807) is 0 Å². The van der Waals surface area contributed by atoms with Crippen LogP contribution in [-0.4, -0.2) is 24.6 Å². The average Bonchev–Trinajstić information content (AvgIpc) is 2.83. The molecular weight excluding hydrogens is 290 g/mol. The van der Waals surface area contributed by atoms with Crippen LogP contribution in [0.25, 0.3) is 17.2 Å². The first-order chi connectivity index (χ1) is 7.72. The first-order valence-electron chi connectivity index (χ1n) is 4.52. The molecule has 3 rings (SSSR count). The molecule has 0 fully saturated rings. The predicted molar refractivity (Wildman–Crippen MR) is 65.7 cm³/mol. The number of pyridine rings is 1. The minimum absolute atomic E-state index is 0.494. The van der Waals surface area contributed by atoms with Crippen molar-refractivity contribution in [2.24, 2.45) is 0 Å². The molecule has 0 aliphatic rings. The fourth-order valence-electron chi connectivity index (χ4n) is 1.46. The molecule has 0 aliphatic carbocycles. The number of H-pyrrole nitrogens is 2. The van der Waals surface area contributed by atoms with Crippen LogP contribution in [0.3, 0.4) is 0 Å². The van der Waals surface area contributed by atoms with E-state index in [0.717, 1.165) is 15.8 Å². The third kappa shape index (κ3) is 1.57. The molecular formula is C9H6BrN5S. The van der Waals surface area contributed by atoms with Gasteiger partial charge in [-0.1, -0.05) is 15.9 Å². The normalized spacial score (nSPS) is 11.1. The van der Waals surface area contributed by atoms with Gasteiger partial charge in [0.2, 0.25) is 0 Å². The zero-order valence-corrected chi connectivity index (χ0v) is 10.3. The molecule has 2 N–H and O–H groups in total.